The zero-order valence-electron chi connectivity index (χ0n) is 13.1. The Morgan fingerprint density at radius 1 is 1.12 bits per heavy atom. The summed E-state index contributed by atoms with van der Waals surface area (Å²) in [6, 6.07) is 10.6. The molecular weight excluding hydrogens is 322 g/mol. The highest BCUT2D eigenvalue weighted by molar-refractivity contribution is 7.19. The lowest BCUT2D eigenvalue weighted by Crippen LogP contribution is -2.29. The number of thiophene rings is 1. The SMILES string of the molecule is NNc1nc(NN)c2sc3c(c2n1)CCN(Cc1ccccc1)C3. The summed E-state index contributed by atoms with van der Waals surface area (Å²) in [7, 11) is 0. The van der Waals surface area contributed by atoms with Gasteiger partial charge in [0.1, 0.15) is 0 Å². The summed E-state index contributed by atoms with van der Waals surface area (Å²) in [5.74, 6) is 12.1. The van der Waals surface area contributed by atoms with Crippen molar-refractivity contribution in [1.29, 1.82) is 0 Å². The number of hydrogen-bond donors (Lipinski definition) is 4. The van der Waals surface area contributed by atoms with Gasteiger partial charge in [-0.15, -0.1) is 11.3 Å². The van der Waals surface area contributed by atoms with Gasteiger partial charge < -0.3 is 5.43 Å². The number of anilines is 2. The Bertz CT molecular complexity index is 862. The number of nitrogen functional groups attached to an aromatic ring is 2. The molecule has 2 aromatic heterocycles. The maximum Gasteiger partial charge on any atom is 0.239 e. The molecule has 0 amide bonds. The van der Waals surface area contributed by atoms with E-state index < -0.39 is 0 Å². The Morgan fingerprint density at radius 2 is 1.96 bits per heavy atom. The van der Waals surface area contributed by atoms with E-state index in [1.807, 2.05) is 6.07 Å². The molecule has 0 aliphatic carbocycles. The van der Waals surface area contributed by atoms with E-state index >= 15 is 0 Å². The highest BCUT2D eigenvalue weighted by Crippen LogP contribution is 2.38. The monoisotopic (exact) mass is 341 g/mol. The van der Waals surface area contributed by atoms with Crippen LogP contribution in [0.15, 0.2) is 30.3 Å². The van der Waals surface area contributed by atoms with E-state index in [-0.39, 0.29) is 0 Å². The van der Waals surface area contributed by atoms with E-state index in [0.717, 1.165) is 36.3 Å². The third kappa shape index (κ3) is 2.69. The molecule has 8 heteroatoms. The summed E-state index contributed by atoms with van der Waals surface area (Å²) in [4.78, 5) is 12.6. The standard InChI is InChI=1S/C16H19N7S/c17-21-15-14-13(19-16(20-15)22-18)11-6-7-23(9-12(11)24-14)8-10-4-2-1-3-5-10/h1-5H,6-9,17-18H2,(H2,19,20,21,22). The molecule has 6 N–H and O–H groups in total. The fourth-order valence-electron chi connectivity index (χ4n) is 3.15. The second kappa shape index (κ2) is 6.33. The van der Waals surface area contributed by atoms with Crippen molar-refractivity contribution < 1.29 is 0 Å². The van der Waals surface area contributed by atoms with Crippen molar-refractivity contribution in [2.75, 3.05) is 17.4 Å². The fourth-order valence-corrected chi connectivity index (χ4v) is 4.43. The second-order valence-corrected chi connectivity index (χ2v) is 6.92. The first-order valence-corrected chi connectivity index (χ1v) is 8.62. The molecule has 0 fully saturated rings. The number of nitrogens with zero attached hydrogens (tertiary/aromatic N) is 3. The van der Waals surface area contributed by atoms with E-state index in [4.69, 9.17) is 11.7 Å². The number of nitrogens with two attached hydrogens (primary N) is 2. The molecule has 1 aromatic carbocycles. The third-order valence-corrected chi connectivity index (χ3v) is 5.49. The molecule has 7 nitrogen and oxygen atoms in total. The normalized spacial score (nSPS) is 14.6. The third-order valence-electron chi connectivity index (χ3n) is 4.27. The molecular formula is C16H19N7S. The number of hydrazine groups is 2. The summed E-state index contributed by atoms with van der Waals surface area (Å²) in [5, 5.41) is 0. The van der Waals surface area contributed by atoms with Crippen LogP contribution in [-0.2, 0) is 19.5 Å². The number of hydrogen-bond acceptors (Lipinski definition) is 8. The Hall–Kier alpha value is -2.26. The molecule has 1 aliphatic heterocycles. The number of benzene rings is 1. The zero-order chi connectivity index (χ0) is 16.5. The average Bonchev–Trinajstić information content (AvgIpc) is 2.99. The predicted octanol–water partition coefficient (Wildman–Crippen LogP) is 1.82. The van der Waals surface area contributed by atoms with Crippen LogP contribution >= 0.6 is 11.3 Å². The maximum atomic E-state index is 5.61. The number of aromatic nitrogens is 2. The first kappa shape index (κ1) is 15.3. The van der Waals surface area contributed by atoms with Crippen LogP contribution in [0.3, 0.4) is 0 Å². The van der Waals surface area contributed by atoms with Crippen molar-refractivity contribution in [3.8, 4) is 0 Å². The second-order valence-electron chi connectivity index (χ2n) is 5.81. The van der Waals surface area contributed by atoms with Gasteiger partial charge in [0.15, 0.2) is 5.82 Å². The molecule has 3 aromatic rings. The van der Waals surface area contributed by atoms with Gasteiger partial charge in [0.25, 0.3) is 0 Å². The summed E-state index contributed by atoms with van der Waals surface area (Å²) < 4.78 is 0.989. The number of nitrogens with one attached hydrogen (secondary N) is 2. The van der Waals surface area contributed by atoms with Gasteiger partial charge in [0.05, 0.1) is 10.2 Å². The van der Waals surface area contributed by atoms with Gasteiger partial charge in [0, 0.05) is 24.5 Å². The van der Waals surface area contributed by atoms with E-state index in [0.29, 0.717) is 11.8 Å². The summed E-state index contributed by atoms with van der Waals surface area (Å²) in [6.07, 6.45) is 0.965. The molecule has 0 saturated heterocycles. The lowest BCUT2D eigenvalue weighted by molar-refractivity contribution is 0.249. The van der Waals surface area contributed by atoms with Gasteiger partial charge >= 0.3 is 0 Å². The zero-order valence-corrected chi connectivity index (χ0v) is 13.9. The molecule has 0 radical (unpaired) electrons. The van der Waals surface area contributed by atoms with Crippen molar-refractivity contribution in [2.24, 2.45) is 11.7 Å². The van der Waals surface area contributed by atoms with Gasteiger partial charge in [-0.1, -0.05) is 30.3 Å². The van der Waals surface area contributed by atoms with E-state index in [1.54, 1.807) is 11.3 Å². The molecule has 1 aliphatic rings. The van der Waals surface area contributed by atoms with Crippen molar-refractivity contribution in [1.82, 2.24) is 14.9 Å². The van der Waals surface area contributed by atoms with Gasteiger partial charge in [-0.2, -0.15) is 4.98 Å². The molecule has 0 spiro atoms. The van der Waals surface area contributed by atoms with Crippen molar-refractivity contribution in [2.45, 2.75) is 19.5 Å². The Kier molecular flexibility index (Phi) is 4.03. The van der Waals surface area contributed by atoms with E-state index in [9.17, 15) is 0 Å². The first-order chi connectivity index (χ1) is 11.8. The first-order valence-electron chi connectivity index (χ1n) is 7.80. The Balaban J connectivity index is 1.66. The minimum Gasteiger partial charge on any atom is -0.307 e. The van der Waals surface area contributed by atoms with Gasteiger partial charge in [-0.3, -0.25) is 10.3 Å². The molecule has 3 heterocycles. The summed E-state index contributed by atoms with van der Waals surface area (Å²) >= 11 is 1.71. The fraction of sp³-hybridized carbons (Fsp3) is 0.250. The highest BCUT2D eigenvalue weighted by Gasteiger charge is 2.24. The lowest BCUT2D eigenvalue weighted by Gasteiger charge is -2.26. The van der Waals surface area contributed by atoms with Crippen LogP contribution in [-0.4, -0.2) is 21.4 Å². The van der Waals surface area contributed by atoms with Crippen LogP contribution in [0.25, 0.3) is 10.2 Å². The molecule has 0 bridgehead atoms. The van der Waals surface area contributed by atoms with E-state index in [2.05, 4.69) is 50.0 Å². The number of rotatable bonds is 4. The van der Waals surface area contributed by atoms with Crippen molar-refractivity contribution >= 4 is 33.3 Å². The molecule has 0 unspecified atom stereocenters. The largest absolute Gasteiger partial charge is 0.307 e. The smallest absolute Gasteiger partial charge is 0.239 e. The van der Waals surface area contributed by atoms with Gasteiger partial charge in [-0.25, -0.2) is 16.7 Å². The Morgan fingerprint density at radius 3 is 2.71 bits per heavy atom. The quantitative estimate of drug-likeness (QED) is 0.424. The van der Waals surface area contributed by atoms with Crippen LogP contribution in [0.1, 0.15) is 16.0 Å². The molecule has 4 rings (SSSR count). The number of fused-ring (bicyclic) bond motifs is 3. The van der Waals surface area contributed by atoms with Crippen LogP contribution in [0, 0.1) is 0 Å². The van der Waals surface area contributed by atoms with Crippen molar-refractivity contribution in [3.63, 3.8) is 0 Å². The van der Waals surface area contributed by atoms with Crippen LogP contribution in [0.5, 0.6) is 0 Å². The molecule has 124 valence electrons. The topological polar surface area (TPSA) is 105 Å². The minimum atomic E-state index is 0.378. The van der Waals surface area contributed by atoms with Crippen molar-refractivity contribution in [3.05, 3.63) is 46.3 Å². The Labute approximate surface area is 143 Å². The molecule has 24 heavy (non-hydrogen) atoms. The minimum absolute atomic E-state index is 0.378. The summed E-state index contributed by atoms with van der Waals surface area (Å²) in [5.41, 5.74) is 8.73. The van der Waals surface area contributed by atoms with Crippen LogP contribution < -0.4 is 22.5 Å². The maximum absolute atomic E-state index is 5.61. The lowest BCUT2D eigenvalue weighted by atomic mass is 10.1. The van der Waals surface area contributed by atoms with E-state index in [1.165, 1.54) is 16.0 Å². The van der Waals surface area contributed by atoms with Crippen LogP contribution in [0.2, 0.25) is 0 Å². The predicted molar refractivity (Wildman–Crippen MR) is 97.3 cm³/mol. The highest BCUT2D eigenvalue weighted by atomic mass is 32.1. The van der Waals surface area contributed by atoms with Gasteiger partial charge in [-0.05, 0) is 17.5 Å². The van der Waals surface area contributed by atoms with Gasteiger partial charge in [0.2, 0.25) is 5.95 Å². The molecule has 0 atom stereocenters. The molecule has 0 saturated carbocycles. The average molecular weight is 341 g/mol. The summed E-state index contributed by atoms with van der Waals surface area (Å²) in [6.45, 7) is 2.88. The van der Waals surface area contributed by atoms with Crippen LogP contribution in [0.4, 0.5) is 11.8 Å².